The third kappa shape index (κ3) is 3.92. The minimum absolute atomic E-state index is 0.197. The molecule has 1 heterocycles. The van der Waals surface area contributed by atoms with Crippen molar-refractivity contribution in [2.75, 3.05) is 13.1 Å². The molecule has 0 radical (unpaired) electrons. The van der Waals surface area contributed by atoms with Crippen LogP contribution in [0.1, 0.15) is 43.2 Å². The van der Waals surface area contributed by atoms with Crippen LogP contribution >= 0.6 is 0 Å². The molecule has 3 rings (SSSR count). The van der Waals surface area contributed by atoms with Crippen molar-refractivity contribution in [3.8, 4) is 0 Å². The fraction of sp³-hybridized carbons (Fsp3) is 0.579. The summed E-state index contributed by atoms with van der Waals surface area (Å²) in [6, 6.07) is 8.30. The molecule has 1 aromatic rings. The SMILES string of the molecule is Cc1ccccc1CC(=O)N1CCC(NC(=O)C2CCC2)CC1. The molecule has 4 heteroatoms. The van der Waals surface area contributed by atoms with Crippen molar-refractivity contribution in [3.63, 3.8) is 0 Å². The Kier molecular flexibility index (Phi) is 4.99. The summed E-state index contributed by atoms with van der Waals surface area (Å²) in [5.41, 5.74) is 2.28. The summed E-state index contributed by atoms with van der Waals surface area (Å²) >= 11 is 0. The van der Waals surface area contributed by atoms with Gasteiger partial charge in [-0.3, -0.25) is 9.59 Å². The van der Waals surface area contributed by atoms with Crippen LogP contribution in [0, 0.1) is 12.8 Å². The second-order valence-electron chi connectivity index (χ2n) is 6.89. The van der Waals surface area contributed by atoms with E-state index in [1.54, 1.807) is 0 Å². The van der Waals surface area contributed by atoms with E-state index >= 15 is 0 Å². The normalized spacial score (nSPS) is 19.3. The molecule has 2 aliphatic rings. The Morgan fingerprint density at radius 2 is 1.83 bits per heavy atom. The average molecular weight is 314 g/mol. The molecule has 1 N–H and O–H groups in total. The number of benzene rings is 1. The molecule has 2 fully saturated rings. The number of aryl methyl sites for hydroxylation is 1. The second kappa shape index (κ2) is 7.16. The van der Waals surface area contributed by atoms with E-state index in [0.29, 0.717) is 6.42 Å². The average Bonchev–Trinajstić information content (AvgIpc) is 2.48. The van der Waals surface area contributed by atoms with Crippen LogP contribution in [0.4, 0.5) is 0 Å². The van der Waals surface area contributed by atoms with Gasteiger partial charge in [-0.2, -0.15) is 0 Å². The van der Waals surface area contributed by atoms with Gasteiger partial charge in [0.1, 0.15) is 0 Å². The number of amides is 2. The van der Waals surface area contributed by atoms with Crippen molar-refractivity contribution in [2.45, 2.75) is 51.5 Å². The molecule has 0 unspecified atom stereocenters. The lowest BCUT2D eigenvalue weighted by Crippen LogP contribution is -2.48. The van der Waals surface area contributed by atoms with Gasteiger partial charge in [-0.1, -0.05) is 30.7 Å². The molecule has 4 nitrogen and oxygen atoms in total. The molecule has 124 valence electrons. The number of rotatable bonds is 4. The summed E-state index contributed by atoms with van der Waals surface area (Å²) in [7, 11) is 0. The number of nitrogens with one attached hydrogen (secondary N) is 1. The molecule has 1 aromatic carbocycles. The number of likely N-dealkylation sites (tertiary alicyclic amines) is 1. The van der Waals surface area contributed by atoms with Gasteiger partial charge >= 0.3 is 0 Å². The molecule has 1 aliphatic heterocycles. The van der Waals surface area contributed by atoms with Crippen molar-refractivity contribution in [3.05, 3.63) is 35.4 Å². The molecular weight excluding hydrogens is 288 g/mol. The quantitative estimate of drug-likeness (QED) is 0.928. The summed E-state index contributed by atoms with van der Waals surface area (Å²) < 4.78 is 0. The number of carbonyl (C=O) groups excluding carboxylic acids is 2. The smallest absolute Gasteiger partial charge is 0.227 e. The van der Waals surface area contributed by atoms with Gasteiger partial charge < -0.3 is 10.2 Å². The van der Waals surface area contributed by atoms with Gasteiger partial charge in [-0.15, -0.1) is 0 Å². The molecule has 23 heavy (non-hydrogen) atoms. The van der Waals surface area contributed by atoms with Crippen LogP contribution in [0.15, 0.2) is 24.3 Å². The Hall–Kier alpha value is -1.84. The lowest BCUT2D eigenvalue weighted by Gasteiger charge is -2.34. The number of hydrogen-bond donors (Lipinski definition) is 1. The third-order valence-corrected chi connectivity index (χ3v) is 5.27. The maximum atomic E-state index is 12.5. The Morgan fingerprint density at radius 1 is 1.13 bits per heavy atom. The van der Waals surface area contributed by atoms with E-state index in [1.165, 1.54) is 12.0 Å². The van der Waals surface area contributed by atoms with Crippen LogP contribution in [-0.2, 0) is 16.0 Å². The van der Waals surface area contributed by atoms with Crippen molar-refractivity contribution in [1.82, 2.24) is 10.2 Å². The maximum absolute atomic E-state index is 12.5. The Balaban J connectivity index is 1.45. The van der Waals surface area contributed by atoms with Crippen molar-refractivity contribution < 1.29 is 9.59 Å². The van der Waals surface area contributed by atoms with Gasteiger partial charge in [0.15, 0.2) is 0 Å². The lowest BCUT2D eigenvalue weighted by atomic mass is 9.84. The first-order valence-corrected chi connectivity index (χ1v) is 8.76. The first-order chi connectivity index (χ1) is 11.1. The van der Waals surface area contributed by atoms with E-state index in [9.17, 15) is 9.59 Å². The lowest BCUT2D eigenvalue weighted by molar-refractivity contribution is -0.132. The predicted octanol–water partition coefficient (Wildman–Crippen LogP) is 2.44. The zero-order valence-corrected chi connectivity index (χ0v) is 13.9. The highest BCUT2D eigenvalue weighted by Gasteiger charge is 2.29. The van der Waals surface area contributed by atoms with Crippen LogP contribution in [0.25, 0.3) is 0 Å². The summed E-state index contributed by atoms with van der Waals surface area (Å²) in [6.07, 6.45) is 5.49. The molecule has 1 saturated heterocycles. The van der Waals surface area contributed by atoms with Crippen molar-refractivity contribution in [2.24, 2.45) is 5.92 Å². The highest BCUT2D eigenvalue weighted by molar-refractivity contribution is 5.80. The van der Waals surface area contributed by atoms with E-state index in [4.69, 9.17) is 0 Å². The number of piperidine rings is 1. The van der Waals surface area contributed by atoms with Crippen LogP contribution in [0.3, 0.4) is 0 Å². The Morgan fingerprint density at radius 3 is 2.43 bits per heavy atom. The van der Waals surface area contributed by atoms with Gasteiger partial charge in [0.25, 0.3) is 0 Å². The standard InChI is InChI=1S/C19H26N2O2/c1-14-5-2-3-6-16(14)13-18(22)21-11-9-17(10-12-21)20-19(23)15-7-4-8-15/h2-3,5-6,15,17H,4,7-13H2,1H3,(H,20,23). The van der Waals surface area contributed by atoms with Crippen molar-refractivity contribution in [1.29, 1.82) is 0 Å². The Labute approximate surface area is 138 Å². The number of hydrogen-bond acceptors (Lipinski definition) is 2. The van der Waals surface area contributed by atoms with Gasteiger partial charge in [-0.05, 0) is 43.7 Å². The highest BCUT2D eigenvalue weighted by atomic mass is 16.2. The zero-order valence-electron chi connectivity index (χ0n) is 13.9. The molecule has 0 bridgehead atoms. The number of nitrogens with zero attached hydrogens (tertiary/aromatic N) is 1. The van der Waals surface area contributed by atoms with Gasteiger partial charge in [0.2, 0.25) is 11.8 Å². The van der Waals surface area contributed by atoms with E-state index in [-0.39, 0.29) is 23.8 Å². The minimum Gasteiger partial charge on any atom is -0.353 e. The zero-order chi connectivity index (χ0) is 16.2. The van der Waals surface area contributed by atoms with E-state index in [0.717, 1.165) is 44.3 Å². The van der Waals surface area contributed by atoms with Crippen LogP contribution in [0.2, 0.25) is 0 Å². The third-order valence-electron chi connectivity index (χ3n) is 5.27. The largest absolute Gasteiger partial charge is 0.353 e. The monoisotopic (exact) mass is 314 g/mol. The molecule has 0 aromatic heterocycles. The fourth-order valence-electron chi connectivity index (χ4n) is 3.35. The van der Waals surface area contributed by atoms with Crippen LogP contribution < -0.4 is 5.32 Å². The highest BCUT2D eigenvalue weighted by Crippen LogP contribution is 2.26. The summed E-state index contributed by atoms with van der Waals surface area (Å²) in [5.74, 6) is 0.666. The summed E-state index contributed by atoms with van der Waals surface area (Å²) in [6.45, 7) is 3.55. The predicted molar refractivity (Wildman–Crippen MR) is 90.0 cm³/mol. The summed E-state index contributed by atoms with van der Waals surface area (Å²) in [4.78, 5) is 26.4. The van der Waals surface area contributed by atoms with E-state index in [1.807, 2.05) is 36.1 Å². The van der Waals surface area contributed by atoms with Gasteiger partial charge in [0.05, 0.1) is 6.42 Å². The minimum atomic E-state index is 0.197. The molecular formula is C19H26N2O2. The second-order valence-corrected chi connectivity index (χ2v) is 6.89. The first-order valence-electron chi connectivity index (χ1n) is 8.76. The van der Waals surface area contributed by atoms with Gasteiger partial charge in [-0.25, -0.2) is 0 Å². The first kappa shape index (κ1) is 16.0. The molecule has 0 atom stereocenters. The summed E-state index contributed by atoms with van der Waals surface area (Å²) in [5, 5.41) is 3.16. The maximum Gasteiger partial charge on any atom is 0.227 e. The Bertz CT molecular complexity index is 572. The van der Waals surface area contributed by atoms with Crippen LogP contribution in [0.5, 0.6) is 0 Å². The molecule has 2 amide bonds. The van der Waals surface area contributed by atoms with Gasteiger partial charge in [0, 0.05) is 25.0 Å². The van der Waals surface area contributed by atoms with Crippen LogP contribution in [-0.4, -0.2) is 35.8 Å². The van der Waals surface area contributed by atoms with Crippen molar-refractivity contribution >= 4 is 11.8 Å². The fourth-order valence-corrected chi connectivity index (χ4v) is 3.35. The topological polar surface area (TPSA) is 49.4 Å². The molecule has 1 aliphatic carbocycles. The number of carbonyl (C=O) groups is 2. The van der Waals surface area contributed by atoms with E-state index < -0.39 is 0 Å². The molecule has 0 spiro atoms. The molecule has 1 saturated carbocycles. The van der Waals surface area contributed by atoms with E-state index in [2.05, 4.69) is 5.32 Å².